The second-order valence-corrected chi connectivity index (χ2v) is 7.92. The summed E-state index contributed by atoms with van der Waals surface area (Å²) < 4.78 is 18.5. The molecule has 0 N–H and O–H groups in total. The van der Waals surface area contributed by atoms with Gasteiger partial charge >= 0.3 is 5.97 Å². The first-order chi connectivity index (χ1) is 12.6. The van der Waals surface area contributed by atoms with E-state index in [4.69, 9.17) is 10.00 Å². The van der Waals surface area contributed by atoms with Gasteiger partial charge in [-0.05, 0) is 75.7 Å². The minimum Gasteiger partial charge on any atom is -0.462 e. The predicted molar refractivity (Wildman–Crippen MR) is 101 cm³/mol. The van der Waals surface area contributed by atoms with Gasteiger partial charge in [0.05, 0.1) is 5.92 Å². The maximum Gasteiger partial charge on any atom is 0.309 e. The highest BCUT2D eigenvalue weighted by atomic mass is 19.1. The Morgan fingerprint density at radius 2 is 1.92 bits per heavy atom. The van der Waals surface area contributed by atoms with Crippen molar-refractivity contribution >= 4 is 5.97 Å². The molecule has 4 heteroatoms. The second-order valence-electron chi connectivity index (χ2n) is 7.92. The van der Waals surface area contributed by atoms with Gasteiger partial charge in [-0.3, -0.25) is 4.79 Å². The van der Waals surface area contributed by atoms with Crippen LogP contribution in [-0.4, -0.2) is 12.1 Å². The van der Waals surface area contributed by atoms with Gasteiger partial charge in [-0.1, -0.05) is 31.9 Å². The van der Waals surface area contributed by atoms with Crippen LogP contribution in [0.3, 0.4) is 0 Å². The largest absolute Gasteiger partial charge is 0.462 e. The Kier molecular flexibility index (Phi) is 8.35. The molecule has 0 aromatic heterocycles. The molecule has 26 heavy (non-hydrogen) atoms. The molecule has 2 aliphatic rings. The second kappa shape index (κ2) is 10.5. The average molecular weight is 362 g/mol. The number of carbonyl (C=O) groups is 1. The fraction of sp³-hybridized carbons (Fsp3) is 0.727. The van der Waals surface area contributed by atoms with Crippen molar-refractivity contribution in [3.63, 3.8) is 0 Å². The molecule has 2 fully saturated rings. The van der Waals surface area contributed by atoms with Gasteiger partial charge < -0.3 is 4.74 Å². The molecule has 0 atom stereocenters. The van der Waals surface area contributed by atoms with Crippen molar-refractivity contribution in [2.75, 3.05) is 0 Å². The van der Waals surface area contributed by atoms with E-state index in [0.29, 0.717) is 0 Å². The van der Waals surface area contributed by atoms with Crippen LogP contribution in [0.4, 0.5) is 4.39 Å². The molecule has 0 aromatic carbocycles. The zero-order chi connectivity index (χ0) is 18.8. The summed E-state index contributed by atoms with van der Waals surface area (Å²) in [6.45, 7) is 2.22. The molecule has 0 amide bonds. The highest BCUT2D eigenvalue weighted by Crippen LogP contribution is 2.45. The van der Waals surface area contributed by atoms with Gasteiger partial charge in [0.2, 0.25) is 0 Å². The number of nitriles is 1. The monoisotopic (exact) mass is 361 g/mol. The van der Waals surface area contributed by atoms with Gasteiger partial charge in [-0.15, -0.1) is 0 Å². The number of esters is 1. The third-order valence-electron chi connectivity index (χ3n) is 6.29. The SMILES string of the molecule is CCC1(CC/C=C/C=C(F)C#N)CCC(C(=O)OC2CCCCC2)CC1. The quantitative estimate of drug-likeness (QED) is 0.310. The number of ether oxygens (including phenoxy) is 1. The number of rotatable bonds is 7. The lowest BCUT2D eigenvalue weighted by atomic mass is 9.66. The van der Waals surface area contributed by atoms with E-state index in [9.17, 15) is 9.18 Å². The van der Waals surface area contributed by atoms with E-state index in [1.807, 2.05) is 6.08 Å². The third-order valence-corrected chi connectivity index (χ3v) is 6.29. The summed E-state index contributed by atoms with van der Waals surface area (Å²) in [6, 6.07) is 1.47. The van der Waals surface area contributed by atoms with E-state index in [1.54, 1.807) is 6.08 Å². The first-order valence-corrected chi connectivity index (χ1v) is 10.2. The van der Waals surface area contributed by atoms with Crippen LogP contribution in [0.1, 0.15) is 84.0 Å². The molecule has 0 saturated heterocycles. The lowest BCUT2D eigenvalue weighted by Crippen LogP contribution is -2.33. The van der Waals surface area contributed by atoms with Crippen LogP contribution in [-0.2, 0) is 9.53 Å². The fourth-order valence-electron chi connectivity index (χ4n) is 4.37. The number of allylic oxidation sites excluding steroid dienone is 4. The molecule has 3 nitrogen and oxygen atoms in total. The lowest BCUT2D eigenvalue weighted by Gasteiger charge is -2.39. The van der Waals surface area contributed by atoms with Gasteiger partial charge in [-0.2, -0.15) is 9.65 Å². The molecule has 0 spiro atoms. The van der Waals surface area contributed by atoms with Crippen LogP contribution >= 0.6 is 0 Å². The Morgan fingerprint density at radius 3 is 2.54 bits per heavy atom. The van der Waals surface area contributed by atoms with Crippen molar-refractivity contribution in [2.45, 2.75) is 90.1 Å². The summed E-state index contributed by atoms with van der Waals surface area (Å²) in [5, 5.41) is 8.38. The molecule has 0 bridgehead atoms. The molecule has 2 aliphatic carbocycles. The maximum absolute atomic E-state index is 12.7. The van der Waals surface area contributed by atoms with E-state index < -0.39 is 5.83 Å². The van der Waals surface area contributed by atoms with Crippen LogP contribution in [0.15, 0.2) is 24.1 Å². The zero-order valence-electron chi connectivity index (χ0n) is 16.0. The fourth-order valence-corrected chi connectivity index (χ4v) is 4.37. The van der Waals surface area contributed by atoms with Crippen LogP contribution in [0.5, 0.6) is 0 Å². The number of carbonyl (C=O) groups excluding carboxylic acids is 1. The van der Waals surface area contributed by atoms with E-state index in [-0.39, 0.29) is 23.4 Å². The smallest absolute Gasteiger partial charge is 0.309 e. The Balaban J connectivity index is 1.76. The number of hydrogen-bond acceptors (Lipinski definition) is 3. The van der Waals surface area contributed by atoms with Crippen LogP contribution in [0.2, 0.25) is 0 Å². The summed E-state index contributed by atoms with van der Waals surface area (Å²) in [4.78, 5) is 12.5. The van der Waals surface area contributed by atoms with E-state index in [1.165, 1.54) is 31.4 Å². The molecular formula is C22H32FNO2. The first-order valence-electron chi connectivity index (χ1n) is 10.2. The van der Waals surface area contributed by atoms with Gasteiger partial charge in [0.1, 0.15) is 12.2 Å². The molecule has 0 unspecified atom stereocenters. The maximum atomic E-state index is 12.7. The van der Waals surface area contributed by atoms with Gasteiger partial charge in [0, 0.05) is 0 Å². The number of halogens is 1. The molecule has 2 saturated carbocycles. The van der Waals surface area contributed by atoms with Gasteiger partial charge in [-0.25, -0.2) is 0 Å². The number of nitrogens with zero attached hydrogens (tertiary/aromatic N) is 1. The molecule has 0 heterocycles. The highest BCUT2D eigenvalue weighted by molar-refractivity contribution is 5.72. The third kappa shape index (κ3) is 6.27. The van der Waals surface area contributed by atoms with Crippen molar-refractivity contribution in [1.29, 1.82) is 5.26 Å². The Hall–Kier alpha value is -1.63. The van der Waals surface area contributed by atoms with Gasteiger partial charge in [0.25, 0.3) is 0 Å². The first kappa shape index (κ1) is 20.7. The molecular weight excluding hydrogens is 329 g/mol. The summed E-state index contributed by atoms with van der Waals surface area (Å²) in [7, 11) is 0. The number of hydrogen-bond donors (Lipinski definition) is 0. The normalized spacial score (nSPS) is 28.0. The molecule has 2 rings (SSSR count). The minimum absolute atomic E-state index is 0.0265. The van der Waals surface area contributed by atoms with Crippen molar-refractivity contribution in [3.05, 3.63) is 24.1 Å². The summed E-state index contributed by atoms with van der Waals surface area (Å²) in [5.41, 5.74) is 0.281. The van der Waals surface area contributed by atoms with Crippen molar-refractivity contribution in [3.8, 4) is 6.07 Å². The summed E-state index contributed by atoms with van der Waals surface area (Å²) >= 11 is 0. The lowest BCUT2D eigenvalue weighted by molar-refractivity contribution is -0.157. The predicted octanol–water partition coefficient (Wildman–Crippen LogP) is 6.16. The summed E-state index contributed by atoms with van der Waals surface area (Å²) in [5.74, 6) is -0.665. The summed E-state index contributed by atoms with van der Waals surface area (Å²) in [6.07, 6.45) is 17.6. The van der Waals surface area contributed by atoms with E-state index >= 15 is 0 Å². The topological polar surface area (TPSA) is 50.1 Å². The standard InChI is InChI=1S/C22H32FNO2/c1-2-22(14-8-4-5-9-19(23)17-24)15-12-18(13-16-22)21(25)26-20-10-6-3-7-11-20/h4-5,9,18,20H,2-3,6-8,10-16H2,1H3/b5-4+,19-9?. The van der Waals surface area contributed by atoms with E-state index in [0.717, 1.165) is 57.8 Å². The van der Waals surface area contributed by atoms with Crippen molar-refractivity contribution < 1.29 is 13.9 Å². The minimum atomic E-state index is -0.761. The Bertz CT molecular complexity index is 547. The molecule has 0 aromatic rings. The van der Waals surface area contributed by atoms with E-state index in [2.05, 4.69) is 6.92 Å². The Morgan fingerprint density at radius 1 is 1.23 bits per heavy atom. The zero-order valence-corrected chi connectivity index (χ0v) is 16.0. The molecule has 0 radical (unpaired) electrons. The molecule has 144 valence electrons. The van der Waals surface area contributed by atoms with Crippen LogP contribution < -0.4 is 0 Å². The molecule has 0 aliphatic heterocycles. The Labute approximate surface area is 157 Å². The highest BCUT2D eigenvalue weighted by Gasteiger charge is 2.36. The average Bonchev–Trinajstić information content (AvgIpc) is 2.68. The van der Waals surface area contributed by atoms with Crippen LogP contribution in [0, 0.1) is 22.7 Å². The van der Waals surface area contributed by atoms with Crippen molar-refractivity contribution in [1.82, 2.24) is 0 Å². The van der Waals surface area contributed by atoms with Crippen LogP contribution in [0.25, 0.3) is 0 Å². The van der Waals surface area contributed by atoms with Gasteiger partial charge in [0.15, 0.2) is 5.83 Å². The van der Waals surface area contributed by atoms with Crippen molar-refractivity contribution in [2.24, 2.45) is 11.3 Å².